The minimum atomic E-state index is -0.281. The van der Waals surface area contributed by atoms with Gasteiger partial charge in [-0.05, 0) is 59.0 Å². The summed E-state index contributed by atoms with van der Waals surface area (Å²) in [6.07, 6.45) is 0. The quantitative estimate of drug-likeness (QED) is 0.191. The molecule has 1 unspecified atom stereocenters. The van der Waals surface area contributed by atoms with Crippen LogP contribution in [0, 0.1) is 18.3 Å². The number of nitrogens with zero attached hydrogens (tertiary/aromatic N) is 2. The molecule has 8 aromatic rings. The molecule has 0 spiro atoms. The molecule has 1 aromatic heterocycles. The Labute approximate surface area is 285 Å². The lowest BCUT2D eigenvalue weighted by Gasteiger charge is -2.33. The van der Waals surface area contributed by atoms with Crippen LogP contribution < -0.4 is 11.1 Å². The van der Waals surface area contributed by atoms with E-state index in [-0.39, 0.29) is 6.04 Å². The standard InChI is InChI=1S/C45H32N4/c1-28-11-10-12-31(25-28)29-21-23-30(24-22-29)43-37(27-46)42(49-40-19-8-5-15-34(40)35-16-6-9-20-41(35)49)26-38(47)44(43)45-36-17-3-2-13-32(36)33-14-4-7-18-39(33)48-45/h2-26,45,48H,47H2,1H3. The molecular formula is C45H32N4. The van der Waals surface area contributed by atoms with Gasteiger partial charge in [-0.3, -0.25) is 0 Å². The molecule has 7 aromatic carbocycles. The summed E-state index contributed by atoms with van der Waals surface area (Å²) in [7, 11) is 0. The van der Waals surface area contributed by atoms with Crippen LogP contribution in [0.15, 0.2) is 152 Å². The third-order valence-corrected chi connectivity index (χ3v) is 9.91. The van der Waals surface area contributed by atoms with E-state index in [1.807, 2.05) is 18.2 Å². The number of nitrogens with two attached hydrogens (primary N) is 1. The summed E-state index contributed by atoms with van der Waals surface area (Å²) in [5.74, 6) is 0. The molecule has 3 N–H and O–H groups in total. The Balaban J connectivity index is 1.35. The fraction of sp³-hybridized carbons (Fsp3) is 0.0444. The van der Waals surface area contributed by atoms with Crippen LogP contribution in [0.4, 0.5) is 11.4 Å². The fourth-order valence-electron chi connectivity index (χ4n) is 7.74. The first-order chi connectivity index (χ1) is 24.1. The number of aromatic nitrogens is 1. The van der Waals surface area contributed by atoms with Gasteiger partial charge < -0.3 is 15.6 Å². The van der Waals surface area contributed by atoms with E-state index < -0.39 is 0 Å². The topological polar surface area (TPSA) is 66.8 Å². The number of benzene rings is 7. The lowest BCUT2D eigenvalue weighted by atomic mass is 9.81. The lowest BCUT2D eigenvalue weighted by molar-refractivity contribution is 0.932. The highest BCUT2D eigenvalue weighted by atomic mass is 15.0. The number of nitrogens with one attached hydrogen (secondary N) is 1. The maximum Gasteiger partial charge on any atom is 0.102 e. The van der Waals surface area contributed by atoms with Gasteiger partial charge in [-0.1, -0.05) is 133 Å². The Morgan fingerprint density at radius 1 is 0.633 bits per heavy atom. The van der Waals surface area contributed by atoms with Gasteiger partial charge in [0.15, 0.2) is 0 Å². The van der Waals surface area contributed by atoms with Crippen molar-refractivity contribution in [1.82, 2.24) is 4.57 Å². The summed E-state index contributed by atoms with van der Waals surface area (Å²) in [5, 5.41) is 17.3. The molecule has 1 atom stereocenters. The average Bonchev–Trinajstić information content (AvgIpc) is 3.48. The number of para-hydroxylation sites is 3. The number of anilines is 2. The van der Waals surface area contributed by atoms with Crippen LogP contribution in [-0.4, -0.2) is 4.57 Å². The van der Waals surface area contributed by atoms with Gasteiger partial charge in [0.25, 0.3) is 0 Å². The van der Waals surface area contributed by atoms with E-state index in [4.69, 9.17) is 5.73 Å². The lowest BCUT2D eigenvalue weighted by Crippen LogP contribution is -2.21. The van der Waals surface area contributed by atoms with Gasteiger partial charge in [0.1, 0.15) is 6.07 Å². The molecule has 0 radical (unpaired) electrons. The molecule has 232 valence electrons. The number of rotatable bonds is 4. The fourth-order valence-corrected chi connectivity index (χ4v) is 7.74. The smallest absolute Gasteiger partial charge is 0.102 e. The number of nitrogen functional groups attached to an aromatic ring is 1. The monoisotopic (exact) mass is 628 g/mol. The predicted octanol–water partition coefficient (Wildman–Crippen LogP) is 11.1. The number of hydrogen-bond acceptors (Lipinski definition) is 3. The molecule has 4 heteroatoms. The van der Waals surface area contributed by atoms with Crippen molar-refractivity contribution in [1.29, 1.82) is 5.26 Å². The van der Waals surface area contributed by atoms with Crippen molar-refractivity contribution in [2.24, 2.45) is 0 Å². The molecule has 0 aliphatic carbocycles. The summed E-state index contributed by atoms with van der Waals surface area (Å²) < 4.78 is 2.20. The van der Waals surface area contributed by atoms with Crippen molar-refractivity contribution in [3.05, 3.63) is 174 Å². The van der Waals surface area contributed by atoms with Gasteiger partial charge in [0.2, 0.25) is 0 Å². The molecule has 1 aliphatic rings. The van der Waals surface area contributed by atoms with E-state index in [0.29, 0.717) is 11.3 Å². The summed E-state index contributed by atoms with van der Waals surface area (Å²) >= 11 is 0. The number of hydrogen-bond donors (Lipinski definition) is 2. The second-order valence-corrected chi connectivity index (χ2v) is 12.8. The van der Waals surface area contributed by atoms with Gasteiger partial charge >= 0.3 is 0 Å². The maximum atomic E-state index is 11.2. The number of fused-ring (bicyclic) bond motifs is 6. The zero-order valence-electron chi connectivity index (χ0n) is 27.0. The zero-order chi connectivity index (χ0) is 33.1. The van der Waals surface area contributed by atoms with Crippen LogP contribution in [0.2, 0.25) is 0 Å². The van der Waals surface area contributed by atoms with Crippen LogP contribution in [0.3, 0.4) is 0 Å². The first kappa shape index (κ1) is 28.6. The Kier molecular flexibility index (Phi) is 6.60. The van der Waals surface area contributed by atoms with E-state index in [9.17, 15) is 5.26 Å². The molecule has 0 amide bonds. The van der Waals surface area contributed by atoms with Crippen LogP contribution >= 0.6 is 0 Å². The van der Waals surface area contributed by atoms with Crippen molar-refractivity contribution in [2.45, 2.75) is 13.0 Å². The Bertz CT molecular complexity index is 2570. The van der Waals surface area contributed by atoms with Crippen LogP contribution in [0.5, 0.6) is 0 Å². The summed E-state index contributed by atoms with van der Waals surface area (Å²) in [6.45, 7) is 2.11. The van der Waals surface area contributed by atoms with E-state index >= 15 is 0 Å². The molecule has 0 fully saturated rings. The van der Waals surface area contributed by atoms with Crippen molar-refractivity contribution in [3.63, 3.8) is 0 Å². The molecule has 0 saturated heterocycles. The van der Waals surface area contributed by atoms with E-state index in [0.717, 1.165) is 77.7 Å². The third kappa shape index (κ3) is 4.52. The minimum absolute atomic E-state index is 0.281. The number of nitriles is 1. The van der Waals surface area contributed by atoms with Crippen LogP contribution in [0.1, 0.15) is 28.3 Å². The Morgan fingerprint density at radius 3 is 1.98 bits per heavy atom. The largest absolute Gasteiger partial charge is 0.398 e. The van der Waals surface area contributed by atoms with Gasteiger partial charge in [-0.25, -0.2) is 0 Å². The second kappa shape index (κ2) is 11.3. The Morgan fingerprint density at radius 2 is 1.27 bits per heavy atom. The van der Waals surface area contributed by atoms with Gasteiger partial charge in [-0.15, -0.1) is 0 Å². The van der Waals surface area contributed by atoms with E-state index in [2.05, 4.69) is 156 Å². The normalized spacial score (nSPS) is 13.4. The molecule has 49 heavy (non-hydrogen) atoms. The maximum absolute atomic E-state index is 11.2. The van der Waals surface area contributed by atoms with Gasteiger partial charge in [0.05, 0.1) is 28.3 Å². The SMILES string of the molecule is Cc1cccc(-c2ccc(-c3c(C#N)c(-n4c5ccccc5c5ccccc54)cc(N)c3C3Nc4ccccc4-c4ccccc43)cc2)c1. The van der Waals surface area contributed by atoms with Crippen molar-refractivity contribution >= 4 is 33.2 Å². The Hall–Kier alpha value is -6.57. The zero-order valence-corrected chi connectivity index (χ0v) is 27.0. The van der Waals surface area contributed by atoms with Crippen molar-refractivity contribution in [3.8, 4) is 45.1 Å². The average molecular weight is 629 g/mol. The first-order valence-electron chi connectivity index (χ1n) is 16.6. The molecule has 2 heterocycles. The summed E-state index contributed by atoms with van der Waals surface area (Å²) in [6, 6.07) is 55.1. The van der Waals surface area contributed by atoms with E-state index in [1.165, 1.54) is 5.56 Å². The number of aryl methyl sites for hydroxylation is 1. The molecule has 0 bridgehead atoms. The molecule has 0 saturated carbocycles. The highest BCUT2D eigenvalue weighted by Crippen LogP contribution is 2.49. The first-order valence-corrected chi connectivity index (χ1v) is 16.6. The predicted molar refractivity (Wildman–Crippen MR) is 203 cm³/mol. The van der Waals surface area contributed by atoms with Gasteiger partial charge in [-0.2, -0.15) is 5.26 Å². The van der Waals surface area contributed by atoms with Gasteiger partial charge in [0, 0.05) is 38.8 Å². The molecular weight excluding hydrogens is 597 g/mol. The summed E-state index contributed by atoms with van der Waals surface area (Å²) in [4.78, 5) is 0. The highest BCUT2D eigenvalue weighted by molar-refractivity contribution is 6.09. The summed E-state index contributed by atoms with van der Waals surface area (Å²) in [5.41, 5.74) is 21.9. The van der Waals surface area contributed by atoms with Crippen LogP contribution in [-0.2, 0) is 0 Å². The molecule has 9 rings (SSSR count). The highest BCUT2D eigenvalue weighted by Gasteiger charge is 2.31. The second-order valence-electron chi connectivity index (χ2n) is 12.8. The molecule has 1 aliphatic heterocycles. The van der Waals surface area contributed by atoms with Crippen LogP contribution in [0.25, 0.3) is 60.9 Å². The van der Waals surface area contributed by atoms with Crippen molar-refractivity contribution in [2.75, 3.05) is 11.1 Å². The van der Waals surface area contributed by atoms with Crippen molar-refractivity contribution < 1.29 is 0 Å². The molecule has 4 nitrogen and oxygen atoms in total. The third-order valence-electron chi connectivity index (χ3n) is 9.91. The minimum Gasteiger partial charge on any atom is -0.398 e. The van der Waals surface area contributed by atoms with E-state index in [1.54, 1.807) is 0 Å².